The second kappa shape index (κ2) is 15.0. The third-order valence-corrected chi connectivity index (χ3v) is 10.6. The first-order chi connectivity index (χ1) is 24.9. The summed E-state index contributed by atoms with van der Waals surface area (Å²) in [6, 6.07) is 22.9. The number of pyridine rings is 1. The van der Waals surface area contributed by atoms with Gasteiger partial charge in [-0.15, -0.1) is 0 Å². The van der Waals surface area contributed by atoms with Crippen molar-refractivity contribution >= 4 is 22.9 Å². The van der Waals surface area contributed by atoms with Gasteiger partial charge in [-0.05, 0) is 91.9 Å². The highest BCUT2D eigenvalue weighted by Crippen LogP contribution is 2.42. The van der Waals surface area contributed by atoms with Crippen molar-refractivity contribution in [3.05, 3.63) is 108 Å². The number of carbonyl (C=O) groups is 1. The number of piperidine rings is 1. The number of anilines is 1. The van der Waals surface area contributed by atoms with Crippen molar-refractivity contribution in [1.29, 1.82) is 0 Å². The van der Waals surface area contributed by atoms with E-state index in [1.54, 1.807) is 33.5 Å². The van der Waals surface area contributed by atoms with Gasteiger partial charge in [0.25, 0.3) is 5.91 Å². The Hall–Kier alpha value is -5.16. The number of aromatic nitrogens is 3. The molecule has 2 aliphatic rings. The topological polar surface area (TPSA) is 94.0 Å². The molecule has 2 aromatic heterocycles. The minimum atomic E-state index is -0.295. The van der Waals surface area contributed by atoms with Crippen molar-refractivity contribution in [3.63, 3.8) is 0 Å². The average Bonchev–Trinajstić information content (AvgIpc) is 3.76. The molecule has 11 heteroatoms. The Balaban J connectivity index is 1.02. The zero-order chi connectivity index (χ0) is 35.4. The van der Waals surface area contributed by atoms with Gasteiger partial charge in [0.15, 0.2) is 11.5 Å². The molecule has 1 N–H and O–H groups in total. The molecule has 0 bridgehead atoms. The molecule has 1 atom stereocenters. The maximum atomic E-state index is 14.1. The first-order valence-corrected chi connectivity index (χ1v) is 17.6. The Bertz CT molecular complexity index is 1940. The van der Waals surface area contributed by atoms with Gasteiger partial charge < -0.3 is 33.9 Å². The Morgan fingerprint density at radius 1 is 0.922 bits per heavy atom. The highest BCUT2D eigenvalue weighted by Gasteiger charge is 2.42. The fourth-order valence-corrected chi connectivity index (χ4v) is 7.69. The summed E-state index contributed by atoms with van der Waals surface area (Å²) >= 11 is 0. The summed E-state index contributed by atoms with van der Waals surface area (Å²) in [5, 5.41) is 3.78. The number of carbonyl (C=O) groups excluding carboxylic acids is 1. The van der Waals surface area contributed by atoms with E-state index in [0.717, 1.165) is 74.4 Å². The van der Waals surface area contributed by atoms with Crippen LogP contribution in [0.5, 0.6) is 17.2 Å². The quantitative estimate of drug-likeness (QED) is 0.161. The zero-order valence-corrected chi connectivity index (χ0v) is 29.5. The van der Waals surface area contributed by atoms with Crippen LogP contribution in [-0.4, -0.2) is 90.3 Å². The molecule has 2 fully saturated rings. The molecule has 2 saturated heterocycles. The molecule has 7 rings (SSSR count). The van der Waals surface area contributed by atoms with E-state index in [1.165, 1.54) is 17.7 Å². The summed E-state index contributed by atoms with van der Waals surface area (Å²) in [5.74, 6) is 1.85. The van der Waals surface area contributed by atoms with Crippen molar-refractivity contribution in [2.24, 2.45) is 0 Å². The van der Waals surface area contributed by atoms with Gasteiger partial charge in [0.1, 0.15) is 5.82 Å². The summed E-state index contributed by atoms with van der Waals surface area (Å²) < 4.78 is 32.8. The van der Waals surface area contributed by atoms with Crippen LogP contribution in [0, 0.1) is 5.82 Å². The number of amides is 1. The normalized spacial score (nSPS) is 18.2. The second-order valence-electron chi connectivity index (χ2n) is 13.6. The lowest BCUT2D eigenvalue weighted by Gasteiger charge is -2.36. The van der Waals surface area contributed by atoms with Crippen LogP contribution in [0.1, 0.15) is 47.2 Å². The number of nitrogens with zero attached hydrogens (tertiary/aromatic N) is 5. The van der Waals surface area contributed by atoms with Crippen molar-refractivity contribution in [2.75, 3.05) is 59.4 Å². The van der Waals surface area contributed by atoms with Crippen LogP contribution in [0.3, 0.4) is 0 Å². The van der Waals surface area contributed by atoms with E-state index in [4.69, 9.17) is 19.2 Å². The van der Waals surface area contributed by atoms with Crippen LogP contribution < -0.4 is 19.5 Å². The molecule has 4 heterocycles. The highest BCUT2D eigenvalue weighted by atomic mass is 19.1. The number of hydrogen-bond acceptors (Lipinski definition) is 8. The SMILES string of the molecule is COc1cc(C(=O)N2CCC(CCN3CCC(Nc4nc5ccccc5n4Cc4ccncc4)CC3)(c3ccc(F)cc3)C2)cc(OC)c1OC. The molecule has 266 valence electrons. The molecular formula is C40H45FN6O4. The number of nitrogens with one attached hydrogen (secondary N) is 1. The van der Waals surface area contributed by atoms with Crippen molar-refractivity contribution in [1.82, 2.24) is 24.3 Å². The van der Waals surface area contributed by atoms with Gasteiger partial charge in [-0.2, -0.15) is 0 Å². The third-order valence-electron chi connectivity index (χ3n) is 10.6. The first-order valence-electron chi connectivity index (χ1n) is 17.6. The number of para-hydroxylation sites is 2. The third kappa shape index (κ3) is 7.21. The van der Waals surface area contributed by atoms with Gasteiger partial charge in [0.05, 0.1) is 38.9 Å². The molecule has 51 heavy (non-hydrogen) atoms. The van der Waals surface area contributed by atoms with Crippen LogP contribution >= 0.6 is 0 Å². The van der Waals surface area contributed by atoms with Crippen LogP contribution in [0.2, 0.25) is 0 Å². The van der Waals surface area contributed by atoms with E-state index >= 15 is 0 Å². The summed E-state index contributed by atoms with van der Waals surface area (Å²) in [6.07, 6.45) is 7.29. The number of imidazole rings is 1. The molecule has 0 radical (unpaired) electrons. The number of methoxy groups -OCH3 is 3. The van der Waals surface area contributed by atoms with E-state index in [-0.39, 0.29) is 17.1 Å². The smallest absolute Gasteiger partial charge is 0.254 e. The molecule has 10 nitrogen and oxygen atoms in total. The largest absolute Gasteiger partial charge is 0.493 e. The summed E-state index contributed by atoms with van der Waals surface area (Å²) in [6.45, 7) is 4.65. The standard InChI is InChI=1S/C40H45FN6O4/c1-49-35-24-29(25-36(50-2)37(35)51-3)38(48)46-23-17-40(27-46,30-8-10-31(41)11-9-30)16-22-45-20-14-32(15-21-45)43-39-44-33-6-4-5-7-34(33)47(39)26-28-12-18-42-19-13-28/h4-13,18-19,24-25,32H,14-17,20-23,26-27H2,1-3H3,(H,43,44). The number of fused-ring (bicyclic) bond motifs is 1. The zero-order valence-electron chi connectivity index (χ0n) is 29.5. The fourth-order valence-electron chi connectivity index (χ4n) is 7.69. The predicted octanol–water partition coefficient (Wildman–Crippen LogP) is 6.40. The average molecular weight is 693 g/mol. The molecule has 0 saturated carbocycles. The van der Waals surface area contributed by atoms with Crippen LogP contribution in [-0.2, 0) is 12.0 Å². The Morgan fingerprint density at radius 2 is 1.63 bits per heavy atom. The second-order valence-corrected chi connectivity index (χ2v) is 13.6. The van der Waals surface area contributed by atoms with Gasteiger partial charge in [0, 0.05) is 55.6 Å². The number of benzene rings is 3. The van der Waals surface area contributed by atoms with E-state index < -0.39 is 0 Å². The van der Waals surface area contributed by atoms with Crippen molar-refractivity contribution in [3.8, 4) is 17.2 Å². The summed E-state index contributed by atoms with van der Waals surface area (Å²) in [4.78, 5) is 27.5. The summed E-state index contributed by atoms with van der Waals surface area (Å²) in [7, 11) is 4.63. The number of likely N-dealkylation sites (tertiary alicyclic amines) is 2. The number of ether oxygens (including phenoxy) is 3. The molecule has 1 unspecified atom stereocenters. The molecule has 0 aliphatic carbocycles. The number of halogens is 1. The summed E-state index contributed by atoms with van der Waals surface area (Å²) in [5.41, 5.74) is 4.51. The molecular weight excluding hydrogens is 647 g/mol. The van der Waals surface area contributed by atoms with E-state index in [0.29, 0.717) is 41.9 Å². The Labute approximate surface area is 298 Å². The van der Waals surface area contributed by atoms with Gasteiger partial charge in [0.2, 0.25) is 11.7 Å². The maximum absolute atomic E-state index is 14.1. The lowest BCUT2D eigenvalue weighted by Crippen LogP contribution is -2.42. The van der Waals surface area contributed by atoms with E-state index in [2.05, 4.69) is 38.0 Å². The monoisotopic (exact) mass is 692 g/mol. The van der Waals surface area contributed by atoms with Crippen LogP contribution in [0.15, 0.2) is 85.2 Å². The lowest BCUT2D eigenvalue weighted by atomic mass is 9.76. The highest BCUT2D eigenvalue weighted by molar-refractivity contribution is 5.96. The molecule has 2 aliphatic heterocycles. The molecule has 5 aromatic rings. The van der Waals surface area contributed by atoms with Gasteiger partial charge in [-0.25, -0.2) is 9.37 Å². The van der Waals surface area contributed by atoms with Gasteiger partial charge in [-0.1, -0.05) is 24.3 Å². The van der Waals surface area contributed by atoms with Gasteiger partial charge in [-0.3, -0.25) is 9.78 Å². The molecule has 1 amide bonds. The van der Waals surface area contributed by atoms with Crippen molar-refractivity contribution in [2.45, 2.75) is 43.7 Å². The Morgan fingerprint density at radius 3 is 2.31 bits per heavy atom. The molecule has 3 aromatic carbocycles. The lowest BCUT2D eigenvalue weighted by molar-refractivity contribution is 0.0779. The minimum Gasteiger partial charge on any atom is -0.493 e. The van der Waals surface area contributed by atoms with E-state index in [1.807, 2.05) is 47.6 Å². The van der Waals surface area contributed by atoms with Gasteiger partial charge >= 0.3 is 0 Å². The number of hydrogen-bond donors (Lipinski definition) is 1. The van der Waals surface area contributed by atoms with Crippen LogP contribution in [0.25, 0.3) is 11.0 Å². The fraction of sp³-hybridized carbons (Fsp3) is 0.375. The first kappa shape index (κ1) is 34.3. The molecule has 0 spiro atoms. The van der Waals surface area contributed by atoms with E-state index in [9.17, 15) is 9.18 Å². The Kier molecular flexibility index (Phi) is 10.1. The maximum Gasteiger partial charge on any atom is 0.254 e. The van der Waals surface area contributed by atoms with Crippen molar-refractivity contribution < 1.29 is 23.4 Å². The predicted molar refractivity (Wildman–Crippen MR) is 195 cm³/mol. The minimum absolute atomic E-state index is 0.0971. The number of rotatable bonds is 12. The van der Waals surface area contributed by atoms with Crippen LogP contribution in [0.4, 0.5) is 10.3 Å².